The third kappa shape index (κ3) is 2.34. The molecule has 0 bridgehead atoms. The van der Waals surface area contributed by atoms with E-state index in [4.69, 9.17) is 9.47 Å². The van der Waals surface area contributed by atoms with Crippen LogP contribution >= 0.6 is 0 Å². The summed E-state index contributed by atoms with van der Waals surface area (Å²) in [5.74, 6) is 0.931. The lowest BCUT2D eigenvalue weighted by atomic mass is 10.0. The Labute approximate surface area is 117 Å². The lowest BCUT2D eigenvalue weighted by Gasteiger charge is -2.14. The molecule has 1 N–H and O–H groups in total. The zero-order chi connectivity index (χ0) is 14.9. The molecule has 1 amide bonds. The van der Waals surface area contributed by atoms with Gasteiger partial charge in [-0.05, 0) is 23.6 Å². The van der Waals surface area contributed by atoms with Gasteiger partial charge in [-0.25, -0.2) is 0 Å². The van der Waals surface area contributed by atoms with Gasteiger partial charge in [-0.1, -0.05) is 0 Å². The van der Waals surface area contributed by atoms with E-state index in [2.05, 4.69) is 0 Å². The summed E-state index contributed by atoms with van der Waals surface area (Å²) in [5, 5.41) is 11.4. The highest BCUT2D eigenvalue weighted by atomic mass is 16.5. The zero-order valence-corrected chi connectivity index (χ0v) is 11.9. The van der Waals surface area contributed by atoms with Crippen molar-refractivity contribution < 1.29 is 19.4 Å². The van der Waals surface area contributed by atoms with E-state index in [0.29, 0.717) is 27.8 Å². The smallest absolute Gasteiger partial charge is 0.253 e. The third-order valence-corrected chi connectivity index (χ3v) is 3.07. The number of amides is 1. The van der Waals surface area contributed by atoms with Gasteiger partial charge in [0.15, 0.2) is 0 Å². The van der Waals surface area contributed by atoms with E-state index in [9.17, 15) is 9.90 Å². The number of carbonyl (C=O) groups is 1. The van der Waals surface area contributed by atoms with E-state index in [1.54, 1.807) is 39.4 Å². The Balaban J connectivity index is 2.73. The molecule has 0 spiro atoms. The maximum absolute atomic E-state index is 12.0. The number of ether oxygens (including phenoxy) is 2. The van der Waals surface area contributed by atoms with Gasteiger partial charge in [-0.2, -0.15) is 0 Å². The van der Waals surface area contributed by atoms with Crippen LogP contribution in [0.2, 0.25) is 0 Å². The van der Waals surface area contributed by atoms with Crippen molar-refractivity contribution in [3.8, 4) is 17.2 Å². The van der Waals surface area contributed by atoms with Crippen molar-refractivity contribution in [2.24, 2.45) is 0 Å². The molecule has 2 rings (SSSR count). The maximum Gasteiger partial charge on any atom is 0.253 e. The monoisotopic (exact) mass is 275 g/mol. The van der Waals surface area contributed by atoms with Crippen molar-refractivity contribution in [1.29, 1.82) is 0 Å². The zero-order valence-electron chi connectivity index (χ0n) is 11.9. The van der Waals surface area contributed by atoms with Crippen molar-refractivity contribution in [2.75, 3.05) is 28.3 Å². The standard InChI is InChI=1S/C15H17NO4/c1-16(2)15(18)10-5-9-6-11(19-3)8-13(20-4)14(9)12(17)7-10/h5-8,17H,1-4H3. The van der Waals surface area contributed by atoms with E-state index < -0.39 is 0 Å². The average molecular weight is 275 g/mol. The summed E-state index contributed by atoms with van der Waals surface area (Å²) in [4.78, 5) is 13.5. The molecule has 0 atom stereocenters. The van der Waals surface area contributed by atoms with E-state index in [1.807, 2.05) is 0 Å². The number of benzene rings is 2. The molecule has 0 radical (unpaired) electrons. The van der Waals surface area contributed by atoms with Gasteiger partial charge in [0, 0.05) is 25.7 Å². The number of phenolic OH excluding ortho intramolecular Hbond substituents is 1. The van der Waals surface area contributed by atoms with Gasteiger partial charge in [-0.15, -0.1) is 0 Å². The fourth-order valence-corrected chi connectivity index (χ4v) is 2.09. The second-order valence-electron chi connectivity index (χ2n) is 4.62. The summed E-state index contributed by atoms with van der Waals surface area (Å²) in [7, 11) is 6.40. The lowest BCUT2D eigenvalue weighted by Crippen LogP contribution is -2.21. The van der Waals surface area contributed by atoms with Crippen LogP contribution in [0, 0.1) is 0 Å². The number of phenols is 1. The summed E-state index contributed by atoms with van der Waals surface area (Å²) >= 11 is 0. The van der Waals surface area contributed by atoms with Gasteiger partial charge in [0.05, 0.1) is 19.6 Å². The molecule has 0 aliphatic carbocycles. The molecule has 2 aromatic rings. The van der Waals surface area contributed by atoms with Crippen LogP contribution < -0.4 is 9.47 Å². The Morgan fingerprint density at radius 2 is 1.80 bits per heavy atom. The summed E-state index contributed by atoms with van der Waals surface area (Å²) in [6.07, 6.45) is 0. The van der Waals surface area contributed by atoms with Crippen LogP contribution in [-0.4, -0.2) is 44.2 Å². The van der Waals surface area contributed by atoms with Crippen LogP contribution in [-0.2, 0) is 0 Å². The molecule has 106 valence electrons. The van der Waals surface area contributed by atoms with Crippen molar-refractivity contribution in [2.45, 2.75) is 0 Å². The van der Waals surface area contributed by atoms with Crippen LogP contribution in [0.5, 0.6) is 17.2 Å². The summed E-state index contributed by atoms with van der Waals surface area (Å²) in [6.45, 7) is 0. The third-order valence-electron chi connectivity index (χ3n) is 3.07. The molecule has 2 aromatic carbocycles. The minimum atomic E-state index is -0.177. The summed E-state index contributed by atoms with van der Waals surface area (Å²) in [6, 6.07) is 6.60. The normalized spacial score (nSPS) is 10.4. The first-order chi connectivity index (χ1) is 9.47. The number of carbonyl (C=O) groups excluding carboxylic acids is 1. The Kier molecular flexibility index (Phi) is 3.70. The molecule has 0 saturated heterocycles. The SMILES string of the molecule is COc1cc(OC)c2c(O)cc(C(=O)N(C)C)cc2c1. The highest BCUT2D eigenvalue weighted by Crippen LogP contribution is 2.37. The van der Waals surface area contributed by atoms with Gasteiger partial charge in [-0.3, -0.25) is 4.79 Å². The molecular formula is C15H17NO4. The Morgan fingerprint density at radius 3 is 2.35 bits per heavy atom. The van der Waals surface area contributed by atoms with Gasteiger partial charge < -0.3 is 19.5 Å². The number of fused-ring (bicyclic) bond motifs is 1. The lowest BCUT2D eigenvalue weighted by molar-refractivity contribution is 0.0827. The number of nitrogens with zero attached hydrogens (tertiary/aromatic N) is 1. The minimum absolute atomic E-state index is 0.00667. The Hall–Kier alpha value is -2.43. The molecule has 0 saturated carbocycles. The molecule has 5 heteroatoms. The Bertz CT molecular complexity index is 664. The highest BCUT2D eigenvalue weighted by molar-refractivity contribution is 6.03. The first-order valence-electron chi connectivity index (χ1n) is 6.08. The van der Waals surface area contributed by atoms with Crippen LogP contribution in [0.3, 0.4) is 0 Å². The van der Waals surface area contributed by atoms with Crippen molar-refractivity contribution in [3.63, 3.8) is 0 Å². The number of aromatic hydroxyl groups is 1. The first-order valence-corrected chi connectivity index (χ1v) is 6.08. The molecular weight excluding hydrogens is 258 g/mol. The van der Waals surface area contributed by atoms with E-state index >= 15 is 0 Å². The van der Waals surface area contributed by atoms with Gasteiger partial charge in [0.2, 0.25) is 0 Å². The molecule has 0 aliphatic heterocycles. The van der Waals surface area contributed by atoms with E-state index in [1.165, 1.54) is 18.1 Å². The molecule has 0 fully saturated rings. The maximum atomic E-state index is 12.0. The first kappa shape index (κ1) is 14.0. The molecule has 20 heavy (non-hydrogen) atoms. The van der Waals surface area contributed by atoms with Gasteiger partial charge in [0.1, 0.15) is 17.2 Å². The van der Waals surface area contributed by atoms with E-state index in [-0.39, 0.29) is 11.7 Å². The fourth-order valence-electron chi connectivity index (χ4n) is 2.09. The van der Waals surface area contributed by atoms with Crippen LogP contribution in [0.25, 0.3) is 10.8 Å². The van der Waals surface area contributed by atoms with Crippen LogP contribution in [0.1, 0.15) is 10.4 Å². The molecule has 0 aromatic heterocycles. The quantitative estimate of drug-likeness (QED) is 0.933. The summed E-state index contributed by atoms with van der Waals surface area (Å²) in [5.41, 5.74) is 0.412. The van der Waals surface area contributed by atoms with Crippen molar-refractivity contribution in [1.82, 2.24) is 4.90 Å². The number of hydrogen-bond acceptors (Lipinski definition) is 4. The molecule has 0 unspecified atom stereocenters. The predicted molar refractivity (Wildman–Crippen MR) is 76.7 cm³/mol. The van der Waals surface area contributed by atoms with Crippen LogP contribution in [0.15, 0.2) is 24.3 Å². The molecule has 0 aliphatic rings. The van der Waals surface area contributed by atoms with Gasteiger partial charge >= 0.3 is 0 Å². The fraction of sp³-hybridized carbons (Fsp3) is 0.267. The van der Waals surface area contributed by atoms with Crippen molar-refractivity contribution >= 4 is 16.7 Å². The molecule has 0 heterocycles. The number of methoxy groups -OCH3 is 2. The number of rotatable bonds is 3. The Morgan fingerprint density at radius 1 is 1.10 bits per heavy atom. The molecule has 5 nitrogen and oxygen atoms in total. The second kappa shape index (κ2) is 5.28. The highest BCUT2D eigenvalue weighted by Gasteiger charge is 2.15. The van der Waals surface area contributed by atoms with Crippen molar-refractivity contribution in [3.05, 3.63) is 29.8 Å². The predicted octanol–water partition coefficient (Wildman–Crippen LogP) is 2.26. The minimum Gasteiger partial charge on any atom is -0.507 e. The van der Waals surface area contributed by atoms with E-state index in [0.717, 1.165) is 0 Å². The average Bonchev–Trinajstić information content (AvgIpc) is 2.44. The number of hydrogen-bond donors (Lipinski definition) is 1. The van der Waals surface area contributed by atoms with Gasteiger partial charge in [0.25, 0.3) is 5.91 Å². The largest absolute Gasteiger partial charge is 0.507 e. The second-order valence-corrected chi connectivity index (χ2v) is 4.62. The summed E-state index contributed by atoms with van der Waals surface area (Å²) < 4.78 is 10.5. The topological polar surface area (TPSA) is 59.0 Å². The van der Waals surface area contributed by atoms with Crippen LogP contribution in [0.4, 0.5) is 0 Å².